The fourth-order valence-corrected chi connectivity index (χ4v) is 3.54. The average molecular weight is 337 g/mol. The maximum Gasteiger partial charge on any atom is 0.192 e. The van der Waals surface area contributed by atoms with Crippen LogP contribution in [0.1, 0.15) is 33.3 Å². The van der Waals surface area contributed by atoms with E-state index in [4.69, 9.17) is 9.16 Å². The molecular weight excluding hydrogens is 304 g/mol. The van der Waals surface area contributed by atoms with E-state index in [9.17, 15) is 5.11 Å². The molecule has 0 amide bonds. The fraction of sp³-hybridized carbons (Fsp3) is 0.579. The first kappa shape index (κ1) is 19.9. The summed E-state index contributed by atoms with van der Waals surface area (Å²) in [6, 6.07) is 9.96. The average Bonchev–Trinajstić information content (AvgIpc) is 2.45. The molecule has 1 aromatic rings. The molecule has 1 N–H and O–H groups in total. The maximum atomic E-state index is 9.76. The van der Waals surface area contributed by atoms with E-state index in [0.29, 0.717) is 12.4 Å². The second-order valence-corrected chi connectivity index (χ2v) is 12.4. The van der Waals surface area contributed by atoms with E-state index >= 15 is 0 Å². The molecule has 1 rings (SSSR count). The summed E-state index contributed by atoms with van der Waals surface area (Å²) in [5, 5.41) is 9.89. The number of rotatable bonds is 8. The molecule has 4 heteroatoms. The van der Waals surface area contributed by atoms with Gasteiger partial charge in [-0.1, -0.05) is 57.7 Å². The molecule has 0 aliphatic heterocycles. The van der Waals surface area contributed by atoms with Crippen molar-refractivity contribution in [3.63, 3.8) is 0 Å². The molecular formula is C19H32O3Si. The molecule has 1 aromatic carbocycles. The van der Waals surface area contributed by atoms with Gasteiger partial charge in [0.25, 0.3) is 0 Å². The Morgan fingerprint density at radius 2 is 1.78 bits per heavy atom. The third-order valence-electron chi connectivity index (χ3n) is 4.73. The van der Waals surface area contributed by atoms with E-state index < -0.39 is 8.32 Å². The Labute approximate surface area is 142 Å². The molecule has 23 heavy (non-hydrogen) atoms. The Balaban J connectivity index is 2.65. The van der Waals surface area contributed by atoms with Crippen molar-refractivity contribution < 1.29 is 14.3 Å². The predicted octanol–water partition coefficient (Wildman–Crippen LogP) is 4.74. The molecule has 0 aliphatic carbocycles. The summed E-state index contributed by atoms with van der Waals surface area (Å²) in [7, 11) is -1.89. The molecule has 0 saturated carbocycles. The van der Waals surface area contributed by atoms with Crippen molar-refractivity contribution in [2.24, 2.45) is 5.92 Å². The van der Waals surface area contributed by atoms with Crippen LogP contribution in [0.15, 0.2) is 42.7 Å². The van der Waals surface area contributed by atoms with Crippen LogP contribution in [0.4, 0.5) is 0 Å². The number of aliphatic hydroxyl groups is 1. The zero-order valence-electron chi connectivity index (χ0n) is 15.4. The van der Waals surface area contributed by atoms with Crippen molar-refractivity contribution in [3.05, 3.63) is 48.2 Å². The van der Waals surface area contributed by atoms with Crippen molar-refractivity contribution in [2.75, 3.05) is 6.61 Å². The second-order valence-electron chi connectivity index (χ2n) is 7.61. The summed E-state index contributed by atoms with van der Waals surface area (Å²) >= 11 is 0. The lowest BCUT2D eigenvalue weighted by atomic mass is 10.0. The topological polar surface area (TPSA) is 38.7 Å². The summed E-state index contributed by atoms with van der Waals surface area (Å²) in [5.41, 5.74) is 1.09. The van der Waals surface area contributed by atoms with Gasteiger partial charge in [0.05, 0.1) is 24.4 Å². The SMILES string of the molecule is C=C(OCc1ccccc1)C(CO)C(C)O[Si](C)(C)C(C)(C)C. The highest BCUT2D eigenvalue weighted by molar-refractivity contribution is 6.74. The summed E-state index contributed by atoms with van der Waals surface area (Å²) in [6.07, 6.45) is -0.121. The van der Waals surface area contributed by atoms with E-state index in [0.717, 1.165) is 5.56 Å². The normalized spacial score (nSPS) is 15.1. The Bertz CT molecular complexity index is 491. The molecule has 0 radical (unpaired) electrons. The van der Waals surface area contributed by atoms with Gasteiger partial charge in [-0.3, -0.25) is 0 Å². The quantitative estimate of drug-likeness (QED) is 0.550. The van der Waals surface area contributed by atoms with Gasteiger partial charge in [0.2, 0.25) is 0 Å². The number of ether oxygens (including phenoxy) is 1. The van der Waals surface area contributed by atoms with Gasteiger partial charge in [-0.25, -0.2) is 0 Å². The Hall–Kier alpha value is -1.10. The molecule has 0 spiro atoms. The minimum absolute atomic E-state index is 0.0244. The van der Waals surface area contributed by atoms with Crippen LogP contribution in [0.25, 0.3) is 0 Å². The summed E-state index contributed by atoms with van der Waals surface area (Å²) in [4.78, 5) is 0. The lowest BCUT2D eigenvalue weighted by Gasteiger charge is -2.40. The Kier molecular flexibility index (Phi) is 7.05. The van der Waals surface area contributed by atoms with Crippen LogP contribution in [0.3, 0.4) is 0 Å². The monoisotopic (exact) mass is 336 g/mol. The molecule has 2 atom stereocenters. The van der Waals surface area contributed by atoms with Gasteiger partial charge < -0.3 is 14.3 Å². The molecule has 130 valence electrons. The van der Waals surface area contributed by atoms with E-state index in [-0.39, 0.29) is 23.7 Å². The van der Waals surface area contributed by atoms with Crippen molar-refractivity contribution in [2.45, 2.75) is 58.5 Å². The second kappa shape index (κ2) is 8.13. The van der Waals surface area contributed by atoms with E-state index in [2.05, 4.69) is 40.4 Å². The van der Waals surface area contributed by atoms with Crippen molar-refractivity contribution in [1.82, 2.24) is 0 Å². The van der Waals surface area contributed by atoms with Gasteiger partial charge >= 0.3 is 0 Å². The van der Waals surface area contributed by atoms with Gasteiger partial charge in [0, 0.05) is 0 Å². The van der Waals surface area contributed by atoms with Crippen molar-refractivity contribution >= 4 is 8.32 Å². The summed E-state index contributed by atoms with van der Waals surface area (Å²) < 4.78 is 12.1. The molecule has 0 saturated heterocycles. The fourth-order valence-electron chi connectivity index (χ4n) is 2.09. The Morgan fingerprint density at radius 1 is 1.22 bits per heavy atom. The molecule has 0 aliphatic rings. The molecule has 3 nitrogen and oxygen atoms in total. The van der Waals surface area contributed by atoms with Gasteiger partial charge in [-0.05, 0) is 30.6 Å². The largest absolute Gasteiger partial charge is 0.493 e. The van der Waals surface area contributed by atoms with Gasteiger partial charge in [0.1, 0.15) is 6.61 Å². The first-order chi connectivity index (χ1) is 10.6. The number of benzene rings is 1. The van der Waals surface area contributed by atoms with Gasteiger partial charge in [-0.2, -0.15) is 0 Å². The van der Waals surface area contributed by atoms with Crippen LogP contribution in [0.5, 0.6) is 0 Å². The highest BCUT2D eigenvalue weighted by Crippen LogP contribution is 2.38. The minimum Gasteiger partial charge on any atom is -0.493 e. The van der Waals surface area contributed by atoms with Gasteiger partial charge in [-0.15, -0.1) is 0 Å². The number of hydrogen-bond acceptors (Lipinski definition) is 3. The first-order valence-corrected chi connectivity index (χ1v) is 11.1. The predicted molar refractivity (Wildman–Crippen MR) is 98.7 cm³/mol. The summed E-state index contributed by atoms with van der Waals surface area (Å²) in [6.45, 7) is 17.5. The van der Waals surface area contributed by atoms with Crippen LogP contribution in [0.2, 0.25) is 18.1 Å². The van der Waals surface area contributed by atoms with Crippen LogP contribution in [-0.2, 0) is 15.8 Å². The highest BCUT2D eigenvalue weighted by atomic mass is 28.4. The number of hydrogen-bond donors (Lipinski definition) is 1. The van der Waals surface area contributed by atoms with Crippen LogP contribution in [0, 0.1) is 5.92 Å². The summed E-state index contributed by atoms with van der Waals surface area (Å²) in [5.74, 6) is 0.371. The molecule has 2 unspecified atom stereocenters. The number of aliphatic hydroxyl groups excluding tert-OH is 1. The van der Waals surface area contributed by atoms with Crippen LogP contribution < -0.4 is 0 Å². The Morgan fingerprint density at radius 3 is 2.26 bits per heavy atom. The molecule has 0 bridgehead atoms. The maximum absolute atomic E-state index is 9.76. The third-order valence-corrected chi connectivity index (χ3v) is 9.30. The lowest BCUT2D eigenvalue weighted by molar-refractivity contribution is 0.0573. The molecule has 0 fully saturated rings. The van der Waals surface area contributed by atoms with E-state index in [1.54, 1.807) is 0 Å². The minimum atomic E-state index is -1.89. The molecule has 0 heterocycles. The molecule has 0 aromatic heterocycles. The van der Waals surface area contributed by atoms with Crippen LogP contribution in [-0.4, -0.2) is 26.1 Å². The first-order valence-electron chi connectivity index (χ1n) is 8.22. The van der Waals surface area contributed by atoms with E-state index in [1.165, 1.54) is 0 Å². The van der Waals surface area contributed by atoms with Crippen molar-refractivity contribution in [1.29, 1.82) is 0 Å². The smallest absolute Gasteiger partial charge is 0.192 e. The van der Waals surface area contributed by atoms with Gasteiger partial charge in [0.15, 0.2) is 8.32 Å². The standard InChI is InChI=1S/C19H32O3Si/c1-15(21-14-17-11-9-8-10-12-17)18(13-20)16(2)22-23(6,7)19(3,4)5/h8-12,16,18,20H,1,13-14H2,2-7H3. The van der Waals surface area contributed by atoms with Crippen LogP contribution >= 0.6 is 0 Å². The van der Waals surface area contributed by atoms with Crippen molar-refractivity contribution in [3.8, 4) is 0 Å². The zero-order valence-corrected chi connectivity index (χ0v) is 16.4. The van der Waals surface area contributed by atoms with E-state index in [1.807, 2.05) is 37.3 Å². The lowest BCUT2D eigenvalue weighted by Crippen LogP contribution is -2.45. The third kappa shape index (κ3) is 5.79. The highest BCUT2D eigenvalue weighted by Gasteiger charge is 2.40. The zero-order chi connectivity index (χ0) is 17.7.